The Morgan fingerprint density at radius 2 is 1.82 bits per heavy atom. The smallest absolute Gasteiger partial charge is 0.0463 e. The van der Waals surface area contributed by atoms with Crippen molar-refractivity contribution in [3.8, 4) is 11.1 Å². The van der Waals surface area contributed by atoms with Crippen LogP contribution in [0.3, 0.4) is 0 Å². The maximum Gasteiger partial charge on any atom is 0.0463 e. The van der Waals surface area contributed by atoms with E-state index >= 15 is 0 Å². The van der Waals surface area contributed by atoms with Gasteiger partial charge in [0.1, 0.15) is 0 Å². The van der Waals surface area contributed by atoms with E-state index in [4.69, 9.17) is 0 Å². The number of hydrogen-bond acceptors (Lipinski definition) is 2. The summed E-state index contributed by atoms with van der Waals surface area (Å²) >= 11 is 3.44. The van der Waals surface area contributed by atoms with Gasteiger partial charge >= 0.3 is 0 Å². The molecule has 0 saturated heterocycles. The third-order valence-corrected chi connectivity index (χ3v) is 3.00. The first-order valence-corrected chi connectivity index (χ1v) is 6.33. The fraction of sp³-hybridized carbons (Fsp3) is 0.286. The maximum atomic E-state index is 4.43. The van der Waals surface area contributed by atoms with Crippen molar-refractivity contribution >= 4 is 15.9 Å². The Bertz CT molecular complexity index is 530. The monoisotopic (exact) mass is 290 g/mol. The van der Waals surface area contributed by atoms with Crippen LogP contribution < -0.4 is 0 Å². The quantitative estimate of drug-likeness (QED) is 0.786. The lowest BCUT2D eigenvalue weighted by Gasteiger charge is -2.18. The topological polar surface area (TPSA) is 25.8 Å². The molecule has 0 unspecified atom stereocenters. The van der Waals surface area contributed by atoms with Crippen molar-refractivity contribution in [2.45, 2.75) is 26.2 Å². The fourth-order valence-corrected chi connectivity index (χ4v) is 1.95. The lowest BCUT2D eigenvalue weighted by Crippen LogP contribution is -2.13. The third-order valence-electron chi connectivity index (χ3n) is 2.57. The predicted molar refractivity (Wildman–Crippen MR) is 73.9 cm³/mol. The molecule has 0 radical (unpaired) electrons. The van der Waals surface area contributed by atoms with E-state index in [9.17, 15) is 0 Å². The van der Waals surface area contributed by atoms with E-state index < -0.39 is 0 Å². The van der Waals surface area contributed by atoms with Gasteiger partial charge in [-0.2, -0.15) is 0 Å². The van der Waals surface area contributed by atoms with Crippen molar-refractivity contribution in [2.24, 2.45) is 0 Å². The molecule has 2 heterocycles. The van der Waals surface area contributed by atoms with Gasteiger partial charge in [0.2, 0.25) is 0 Å². The Hall–Kier alpha value is -1.22. The normalized spacial score (nSPS) is 11.5. The number of pyridine rings is 2. The summed E-state index contributed by atoms with van der Waals surface area (Å²) in [5.74, 6) is 0. The first-order valence-electron chi connectivity index (χ1n) is 5.54. The van der Waals surface area contributed by atoms with Gasteiger partial charge in [-0.25, -0.2) is 0 Å². The molecule has 2 aromatic rings. The molecule has 0 aliphatic carbocycles. The van der Waals surface area contributed by atoms with E-state index in [1.807, 2.05) is 18.5 Å². The lowest BCUT2D eigenvalue weighted by molar-refractivity contribution is 0.569. The van der Waals surface area contributed by atoms with Crippen LogP contribution in [0.2, 0.25) is 0 Å². The number of aromatic nitrogens is 2. The van der Waals surface area contributed by atoms with Crippen LogP contribution in [0.5, 0.6) is 0 Å². The minimum absolute atomic E-state index is 0.0649. The Labute approximate surface area is 110 Å². The van der Waals surface area contributed by atoms with Crippen molar-refractivity contribution in [3.05, 3.63) is 47.0 Å². The van der Waals surface area contributed by atoms with Crippen molar-refractivity contribution in [1.29, 1.82) is 0 Å². The molecule has 0 aromatic carbocycles. The second kappa shape index (κ2) is 4.57. The zero-order chi connectivity index (χ0) is 12.5. The lowest BCUT2D eigenvalue weighted by atomic mass is 9.90. The average molecular weight is 291 g/mol. The van der Waals surface area contributed by atoms with Gasteiger partial charge < -0.3 is 0 Å². The van der Waals surface area contributed by atoms with E-state index in [0.29, 0.717) is 0 Å². The molecular weight excluding hydrogens is 276 g/mol. The summed E-state index contributed by atoms with van der Waals surface area (Å²) in [6.07, 6.45) is 5.51. The van der Waals surface area contributed by atoms with Crippen LogP contribution >= 0.6 is 15.9 Å². The summed E-state index contributed by atoms with van der Waals surface area (Å²) in [6.45, 7) is 6.49. The molecule has 17 heavy (non-hydrogen) atoms. The van der Waals surface area contributed by atoms with E-state index in [0.717, 1.165) is 21.3 Å². The second-order valence-corrected chi connectivity index (χ2v) is 5.99. The van der Waals surface area contributed by atoms with E-state index in [1.165, 1.54) is 0 Å². The van der Waals surface area contributed by atoms with Crippen LogP contribution in [0.15, 0.2) is 41.3 Å². The van der Waals surface area contributed by atoms with Crippen molar-refractivity contribution in [2.75, 3.05) is 0 Å². The molecule has 0 N–H and O–H groups in total. The molecule has 2 rings (SSSR count). The fourth-order valence-electron chi connectivity index (χ4n) is 1.59. The molecule has 0 fully saturated rings. The summed E-state index contributed by atoms with van der Waals surface area (Å²) in [5.41, 5.74) is 3.41. The predicted octanol–water partition coefficient (Wildman–Crippen LogP) is 4.20. The Kier molecular flexibility index (Phi) is 3.29. The van der Waals surface area contributed by atoms with Gasteiger partial charge in [-0.3, -0.25) is 9.97 Å². The molecule has 0 bridgehead atoms. The second-order valence-electron chi connectivity index (χ2n) is 5.07. The molecule has 0 atom stereocenters. The third kappa shape index (κ3) is 2.91. The Balaban J connectivity index is 2.47. The van der Waals surface area contributed by atoms with Crippen molar-refractivity contribution in [1.82, 2.24) is 9.97 Å². The highest BCUT2D eigenvalue weighted by Crippen LogP contribution is 2.26. The van der Waals surface area contributed by atoms with Gasteiger partial charge in [-0.05, 0) is 39.7 Å². The summed E-state index contributed by atoms with van der Waals surface area (Å²) < 4.78 is 0.990. The Morgan fingerprint density at radius 1 is 1.06 bits per heavy atom. The van der Waals surface area contributed by atoms with E-state index in [1.54, 1.807) is 6.20 Å². The molecule has 0 amide bonds. The van der Waals surface area contributed by atoms with Gasteiger partial charge in [0, 0.05) is 39.7 Å². The number of hydrogen-bond donors (Lipinski definition) is 0. The SMILES string of the molecule is CC(C)(C)c1cc(-c2cncc(Br)c2)ccn1. The molecule has 88 valence electrons. The highest BCUT2D eigenvalue weighted by atomic mass is 79.9. The summed E-state index contributed by atoms with van der Waals surface area (Å²) in [7, 11) is 0. The summed E-state index contributed by atoms with van der Waals surface area (Å²) in [4.78, 5) is 8.61. The molecule has 2 aromatic heterocycles. The minimum atomic E-state index is 0.0649. The van der Waals surface area contributed by atoms with Gasteiger partial charge in [-0.1, -0.05) is 20.8 Å². The maximum absolute atomic E-state index is 4.43. The summed E-state index contributed by atoms with van der Waals surface area (Å²) in [6, 6.07) is 6.21. The number of halogens is 1. The molecule has 0 spiro atoms. The zero-order valence-electron chi connectivity index (χ0n) is 10.2. The van der Waals surface area contributed by atoms with Gasteiger partial charge in [0.25, 0.3) is 0 Å². The van der Waals surface area contributed by atoms with Gasteiger partial charge in [0.05, 0.1) is 0 Å². The molecule has 0 aliphatic rings. The van der Waals surface area contributed by atoms with E-state index in [2.05, 4.69) is 58.8 Å². The first-order chi connectivity index (χ1) is 7.97. The standard InChI is InChI=1S/C14H15BrN2/c1-14(2,3)13-7-10(4-5-17-13)11-6-12(15)9-16-8-11/h4-9H,1-3H3. The minimum Gasteiger partial charge on any atom is -0.263 e. The molecule has 2 nitrogen and oxygen atoms in total. The number of rotatable bonds is 1. The van der Waals surface area contributed by atoms with Gasteiger partial charge in [-0.15, -0.1) is 0 Å². The van der Waals surface area contributed by atoms with Crippen LogP contribution in [0.25, 0.3) is 11.1 Å². The van der Waals surface area contributed by atoms with Crippen LogP contribution in [0, 0.1) is 0 Å². The van der Waals surface area contributed by atoms with Crippen LogP contribution in [0.4, 0.5) is 0 Å². The van der Waals surface area contributed by atoms with Crippen molar-refractivity contribution < 1.29 is 0 Å². The largest absolute Gasteiger partial charge is 0.263 e. The molecule has 3 heteroatoms. The molecule has 0 saturated carbocycles. The van der Waals surface area contributed by atoms with Crippen LogP contribution in [0.1, 0.15) is 26.5 Å². The number of nitrogens with zero attached hydrogens (tertiary/aromatic N) is 2. The van der Waals surface area contributed by atoms with Crippen LogP contribution in [-0.4, -0.2) is 9.97 Å². The highest BCUT2D eigenvalue weighted by Gasteiger charge is 2.15. The average Bonchev–Trinajstić information content (AvgIpc) is 2.28. The van der Waals surface area contributed by atoms with E-state index in [-0.39, 0.29) is 5.41 Å². The van der Waals surface area contributed by atoms with Gasteiger partial charge in [0.15, 0.2) is 0 Å². The Morgan fingerprint density at radius 3 is 2.47 bits per heavy atom. The zero-order valence-corrected chi connectivity index (χ0v) is 11.8. The van der Waals surface area contributed by atoms with Crippen LogP contribution in [-0.2, 0) is 5.41 Å². The summed E-state index contributed by atoms with van der Waals surface area (Å²) in [5, 5.41) is 0. The highest BCUT2D eigenvalue weighted by molar-refractivity contribution is 9.10. The van der Waals surface area contributed by atoms with Crippen molar-refractivity contribution in [3.63, 3.8) is 0 Å². The molecule has 0 aliphatic heterocycles. The molecular formula is C14H15BrN2. The first kappa shape index (κ1) is 12.2.